The van der Waals surface area contributed by atoms with E-state index in [1.807, 2.05) is 0 Å². The number of rotatable bonds is 7. The lowest BCUT2D eigenvalue weighted by atomic mass is 9.98. The van der Waals surface area contributed by atoms with Crippen molar-refractivity contribution >= 4 is 12.0 Å². The third kappa shape index (κ3) is 6.15. The van der Waals surface area contributed by atoms with Crippen LogP contribution in [-0.2, 0) is 23.6 Å². The second-order valence-corrected chi connectivity index (χ2v) is 10.3. The molecule has 5 rings (SSSR count). The lowest BCUT2D eigenvalue weighted by molar-refractivity contribution is -0.138. The zero-order valence-corrected chi connectivity index (χ0v) is 23.1. The molecule has 2 saturated heterocycles. The Morgan fingerprint density at radius 2 is 1.67 bits per heavy atom. The van der Waals surface area contributed by atoms with Crippen molar-refractivity contribution in [3.05, 3.63) is 64.6 Å². The van der Waals surface area contributed by atoms with E-state index in [1.165, 1.54) is 29.0 Å². The fraction of sp³-hybridized carbons (Fsp3) is 0.429. The molecule has 0 bridgehead atoms. The number of cyclic esters (lactones) is 1. The topological polar surface area (TPSA) is 80.7 Å². The van der Waals surface area contributed by atoms with Gasteiger partial charge in [0.1, 0.15) is 12.3 Å². The van der Waals surface area contributed by atoms with Gasteiger partial charge in [0.2, 0.25) is 11.8 Å². The highest BCUT2D eigenvalue weighted by atomic mass is 19.4. The van der Waals surface area contributed by atoms with Gasteiger partial charge in [0, 0.05) is 23.5 Å². The fourth-order valence-electron chi connectivity index (χ4n) is 5.01. The zero-order chi connectivity index (χ0) is 31.3. The predicted molar refractivity (Wildman–Crippen MR) is 139 cm³/mol. The molecule has 0 N–H and O–H groups in total. The first-order valence-electron chi connectivity index (χ1n) is 13.3. The number of carbonyl (C=O) groups excluding carboxylic acids is 1. The van der Waals surface area contributed by atoms with Gasteiger partial charge in [0.25, 0.3) is 0 Å². The summed E-state index contributed by atoms with van der Waals surface area (Å²) in [5, 5.41) is 0. The number of hydrogen-bond donors (Lipinski definition) is 0. The lowest BCUT2D eigenvalue weighted by Crippen LogP contribution is -2.49. The van der Waals surface area contributed by atoms with Crippen LogP contribution in [0.1, 0.15) is 47.9 Å². The van der Waals surface area contributed by atoms with E-state index in [1.54, 1.807) is 13.8 Å². The van der Waals surface area contributed by atoms with E-state index in [0.717, 1.165) is 18.2 Å². The van der Waals surface area contributed by atoms with Crippen LogP contribution in [0.25, 0.3) is 11.1 Å². The molecule has 43 heavy (non-hydrogen) atoms. The number of benzene rings is 1. The normalized spacial score (nSPS) is 19.4. The highest BCUT2D eigenvalue weighted by molar-refractivity contribution is 5.74. The first kappa shape index (κ1) is 30.3. The Kier molecular flexibility index (Phi) is 7.86. The monoisotopic (exact) mass is 613 g/mol. The van der Waals surface area contributed by atoms with Crippen LogP contribution in [0.4, 0.5) is 41.5 Å². The van der Waals surface area contributed by atoms with Crippen LogP contribution in [0.3, 0.4) is 0 Å². The Balaban J connectivity index is 1.55. The average Bonchev–Trinajstić information content (AvgIpc) is 3.19. The molecule has 0 aliphatic carbocycles. The third-order valence-corrected chi connectivity index (χ3v) is 7.19. The number of halogens is 7. The van der Waals surface area contributed by atoms with Gasteiger partial charge >= 0.3 is 18.4 Å². The SMILES string of the molecule is CCOc1ncc(C(F)(F)F)cc1-c1cnc(N2CC(F)C2)nc1CN1C(=O)O[C@H](c2cc(C)cc(C(F)(F)F)c2)[C@@H]1C. The molecule has 2 aliphatic heterocycles. The zero-order valence-electron chi connectivity index (χ0n) is 23.1. The summed E-state index contributed by atoms with van der Waals surface area (Å²) >= 11 is 0. The Morgan fingerprint density at radius 1 is 0.977 bits per heavy atom. The maximum atomic E-state index is 13.6. The van der Waals surface area contributed by atoms with Crippen LogP contribution >= 0.6 is 0 Å². The summed E-state index contributed by atoms with van der Waals surface area (Å²) in [6.45, 7) is 4.47. The van der Waals surface area contributed by atoms with Gasteiger partial charge in [-0.05, 0) is 44.5 Å². The van der Waals surface area contributed by atoms with Crippen LogP contribution in [0.2, 0.25) is 0 Å². The minimum atomic E-state index is -4.73. The third-order valence-electron chi connectivity index (χ3n) is 7.19. The Labute approximate surface area is 241 Å². The van der Waals surface area contributed by atoms with Crippen molar-refractivity contribution in [1.29, 1.82) is 0 Å². The number of ether oxygens (including phenoxy) is 2. The maximum absolute atomic E-state index is 13.6. The summed E-state index contributed by atoms with van der Waals surface area (Å²) < 4.78 is 106. The summed E-state index contributed by atoms with van der Waals surface area (Å²) in [6.07, 6.45) is -10.5. The van der Waals surface area contributed by atoms with Gasteiger partial charge in [0.15, 0.2) is 0 Å². The highest BCUT2D eigenvalue weighted by Gasteiger charge is 2.42. The molecule has 1 aromatic carbocycles. The summed E-state index contributed by atoms with van der Waals surface area (Å²) in [5.41, 5.74) is -1.44. The molecule has 2 atom stereocenters. The molecule has 0 unspecified atom stereocenters. The number of pyridine rings is 1. The molecule has 0 saturated carbocycles. The first-order valence-corrected chi connectivity index (χ1v) is 13.3. The average molecular weight is 614 g/mol. The van der Waals surface area contributed by atoms with Crippen molar-refractivity contribution < 1.29 is 45.0 Å². The van der Waals surface area contributed by atoms with Crippen molar-refractivity contribution in [2.45, 2.75) is 58.0 Å². The van der Waals surface area contributed by atoms with Crippen molar-refractivity contribution in [2.24, 2.45) is 0 Å². The molecule has 230 valence electrons. The standard InChI is InChI=1S/C28H26F7N5O3/c1-4-42-24-20(8-18(9-36-24)28(33,34)35)21-10-37-25(39-11-19(29)12-39)38-22(21)13-40-15(3)23(43-26(40)41)16-5-14(2)6-17(7-16)27(30,31)32/h5-10,15,19,23H,4,11-13H2,1-3H3/t15-,23-/m0/s1. The van der Waals surface area contributed by atoms with Gasteiger partial charge in [-0.3, -0.25) is 4.90 Å². The van der Waals surface area contributed by atoms with Crippen LogP contribution in [0, 0.1) is 6.92 Å². The van der Waals surface area contributed by atoms with E-state index >= 15 is 0 Å². The maximum Gasteiger partial charge on any atom is 0.417 e. The van der Waals surface area contributed by atoms with Crippen LogP contribution in [0.15, 0.2) is 36.7 Å². The molecular formula is C28H26F7N5O3. The highest BCUT2D eigenvalue weighted by Crippen LogP contribution is 2.40. The summed E-state index contributed by atoms with van der Waals surface area (Å²) in [4.78, 5) is 28.3. The van der Waals surface area contributed by atoms with Crippen molar-refractivity contribution in [1.82, 2.24) is 19.9 Å². The molecule has 2 fully saturated rings. The molecule has 3 aromatic rings. The summed E-state index contributed by atoms with van der Waals surface area (Å²) in [6, 6.07) is 3.42. The Morgan fingerprint density at radius 3 is 2.30 bits per heavy atom. The fourth-order valence-corrected chi connectivity index (χ4v) is 5.01. The number of alkyl halides is 7. The number of hydrogen-bond acceptors (Lipinski definition) is 7. The van der Waals surface area contributed by atoms with Gasteiger partial charge in [0.05, 0.1) is 49.1 Å². The molecule has 0 radical (unpaired) electrons. The van der Waals surface area contributed by atoms with E-state index in [9.17, 15) is 35.5 Å². The number of nitrogens with zero attached hydrogens (tertiary/aromatic N) is 5. The Bertz CT molecular complexity index is 1530. The number of aryl methyl sites for hydroxylation is 1. The van der Waals surface area contributed by atoms with Crippen LogP contribution in [0.5, 0.6) is 5.88 Å². The molecule has 2 aliphatic rings. The smallest absolute Gasteiger partial charge is 0.417 e. The largest absolute Gasteiger partial charge is 0.478 e. The predicted octanol–water partition coefficient (Wildman–Crippen LogP) is 6.52. The van der Waals surface area contributed by atoms with E-state index in [-0.39, 0.29) is 60.5 Å². The van der Waals surface area contributed by atoms with E-state index in [2.05, 4.69) is 15.0 Å². The quantitative estimate of drug-likeness (QED) is 0.281. The number of anilines is 1. The van der Waals surface area contributed by atoms with Crippen molar-refractivity contribution in [3.8, 4) is 17.0 Å². The first-order chi connectivity index (χ1) is 20.2. The van der Waals surface area contributed by atoms with E-state index in [0.29, 0.717) is 11.8 Å². The number of aromatic nitrogens is 3. The van der Waals surface area contributed by atoms with Gasteiger partial charge in [-0.25, -0.2) is 24.1 Å². The number of amides is 1. The second kappa shape index (κ2) is 11.2. The molecule has 15 heteroatoms. The van der Waals surface area contributed by atoms with Crippen LogP contribution in [-0.4, -0.2) is 57.9 Å². The Hall–Kier alpha value is -4.17. The van der Waals surface area contributed by atoms with Gasteiger partial charge < -0.3 is 14.4 Å². The van der Waals surface area contributed by atoms with Crippen LogP contribution < -0.4 is 9.64 Å². The second-order valence-electron chi connectivity index (χ2n) is 10.3. The summed E-state index contributed by atoms with van der Waals surface area (Å²) in [5.74, 6) is -0.0361. The molecule has 2 aromatic heterocycles. The van der Waals surface area contributed by atoms with Crippen molar-refractivity contribution in [2.75, 3.05) is 24.6 Å². The minimum absolute atomic E-state index is 0.00717. The van der Waals surface area contributed by atoms with E-state index < -0.39 is 47.9 Å². The van der Waals surface area contributed by atoms with Crippen molar-refractivity contribution in [3.63, 3.8) is 0 Å². The van der Waals surface area contributed by atoms with E-state index in [4.69, 9.17) is 9.47 Å². The molecule has 0 spiro atoms. The molecular weight excluding hydrogens is 587 g/mol. The molecule has 4 heterocycles. The minimum Gasteiger partial charge on any atom is -0.478 e. The lowest BCUT2D eigenvalue weighted by Gasteiger charge is -2.34. The number of carbonyl (C=O) groups is 1. The molecule has 1 amide bonds. The molecule has 8 nitrogen and oxygen atoms in total. The van der Waals surface area contributed by atoms with Gasteiger partial charge in [-0.1, -0.05) is 11.6 Å². The van der Waals surface area contributed by atoms with Gasteiger partial charge in [-0.15, -0.1) is 0 Å². The summed E-state index contributed by atoms with van der Waals surface area (Å²) in [7, 11) is 0. The van der Waals surface area contributed by atoms with Gasteiger partial charge in [-0.2, -0.15) is 26.3 Å².